The van der Waals surface area contributed by atoms with Crippen molar-refractivity contribution in [1.82, 2.24) is 0 Å². The molecule has 0 aliphatic rings. The first-order chi connectivity index (χ1) is 8.44. The van der Waals surface area contributed by atoms with Crippen LogP contribution in [-0.2, 0) is 0 Å². The second-order valence-corrected chi connectivity index (χ2v) is 5.75. The number of benzene rings is 1. The third-order valence-corrected chi connectivity index (χ3v) is 3.79. The Kier molecular flexibility index (Phi) is 6.05. The minimum Gasteiger partial charge on any atom is -0.389 e. The Balaban J connectivity index is 2.24. The van der Waals surface area contributed by atoms with Gasteiger partial charge >= 0.3 is 0 Å². The Labute approximate surface area is 111 Å². The highest BCUT2D eigenvalue weighted by Gasteiger charge is 2.16. The summed E-state index contributed by atoms with van der Waals surface area (Å²) in [6.45, 7) is 1.97. The molecule has 1 unspecified atom stereocenters. The average Bonchev–Trinajstić information content (AvgIpc) is 2.33. The second-order valence-electron chi connectivity index (χ2n) is 4.58. The summed E-state index contributed by atoms with van der Waals surface area (Å²) in [5.41, 5.74) is 4.61. The molecule has 0 radical (unpaired) electrons. The van der Waals surface area contributed by atoms with Crippen molar-refractivity contribution in [2.75, 3.05) is 12.3 Å². The van der Waals surface area contributed by atoms with Crippen LogP contribution in [0.5, 0.6) is 0 Å². The number of unbranched alkanes of at least 4 members (excludes halogenated alkanes) is 1. The van der Waals surface area contributed by atoms with Crippen molar-refractivity contribution in [1.29, 1.82) is 0 Å². The number of aliphatic hydroxyl groups is 1. The van der Waals surface area contributed by atoms with Gasteiger partial charge in [-0.05, 0) is 50.1 Å². The molecule has 102 valence electrons. The van der Waals surface area contributed by atoms with Gasteiger partial charge in [0.15, 0.2) is 11.6 Å². The molecule has 0 aliphatic carbocycles. The van der Waals surface area contributed by atoms with Crippen LogP contribution in [0.1, 0.15) is 26.2 Å². The van der Waals surface area contributed by atoms with E-state index in [1.54, 1.807) is 13.0 Å². The maximum Gasteiger partial charge on any atom is 0.159 e. The molecule has 1 aromatic carbocycles. The molecule has 0 saturated carbocycles. The Bertz CT molecular complexity index is 385. The molecule has 0 aromatic heterocycles. The van der Waals surface area contributed by atoms with Crippen molar-refractivity contribution in [2.24, 2.45) is 5.73 Å². The number of hydrogen-bond donors (Lipinski definition) is 2. The van der Waals surface area contributed by atoms with Crippen LogP contribution in [0, 0.1) is 11.6 Å². The Hall–Kier alpha value is -0.650. The number of halogens is 2. The summed E-state index contributed by atoms with van der Waals surface area (Å²) in [5.74, 6) is -0.824. The lowest BCUT2D eigenvalue weighted by Gasteiger charge is -2.20. The summed E-state index contributed by atoms with van der Waals surface area (Å²) in [6.07, 6.45) is 2.42. The molecular weight excluding hydrogens is 256 g/mol. The minimum atomic E-state index is -0.821. The van der Waals surface area contributed by atoms with E-state index in [4.69, 9.17) is 5.73 Å². The zero-order valence-electron chi connectivity index (χ0n) is 10.5. The molecule has 1 rings (SSSR count). The molecular formula is C13H19F2NOS. The minimum absolute atomic E-state index is 0.253. The van der Waals surface area contributed by atoms with Gasteiger partial charge in [0.05, 0.1) is 5.60 Å². The molecule has 5 heteroatoms. The fourth-order valence-corrected chi connectivity index (χ4v) is 2.40. The number of hydrogen-bond acceptors (Lipinski definition) is 3. The van der Waals surface area contributed by atoms with Crippen molar-refractivity contribution < 1.29 is 13.9 Å². The van der Waals surface area contributed by atoms with E-state index in [-0.39, 0.29) is 6.54 Å². The van der Waals surface area contributed by atoms with Crippen molar-refractivity contribution in [3.05, 3.63) is 29.8 Å². The summed E-state index contributed by atoms with van der Waals surface area (Å²) in [7, 11) is 0. The molecule has 2 nitrogen and oxygen atoms in total. The van der Waals surface area contributed by atoms with E-state index in [0.29, 0.717) is 6.42 Å². The largest absolute Gasteiger partial charge is 0.389 e. The SMILES string of the molecule is CC(O)(CN)CCCCSc1ccc(F)c(F)c1. The van der Waals surface area contributed by atoms with E-state index in [2.05, 4.69) is 0 Å². The highest BCUT2D eigenvalue weighted by atomic mass is 32.2. The van der Waals surface area contributed by atoms with Crippen molar-refractivity contribution in [3.8, 4) is 0 Å². The van der Waals surface area contributed by atoms with E-state index in [1.165, 1.54) is 17.8 Å². The number of thioether (sulfide) groups is 1. The standard InChI is InChI=1S/C13H19F2NOS/c1-13(17,9-16)6-2-3-7-18-10-4-5-11(14)12(15)8-10/h4-5,8,17H,2-3,6-7,9,16H2,1H3. The van der Waals surface area contributed by atoms with Crippen LogP contribution in [-0.4, -0.2) is 23.0 Å². The third kappa shape index (κ3) is 5.33. The monoisotopic (exact) mass is 275 g/mol. The molecule has 3 N–H and O–H groups in total. The van der Waals surface area contributed by atoms with E-state index >= 15 is 0 Å². The maximum absolute atomic E-state index is 12.9. The Morgan fingerprint density at radius 3 is 2.61 bits per heavy atom. The predicted octanol–water partition coefficient (Wildman–Crippen LogP) is 2.94. The second kappa shape index (κ2) is 7.07. The van der Waals surface area contributed by atoms with Gasteiger partial charge in [-0.3, -0.25) is 0 Å². The molecule has 0 spiro atoms. The fraction of sp³-hybridized carbons (Fsp3) is 0.538. The van der Waals surface area contributed by atoms with Crippen LogP contribution in [0.4, 0.5) is 8.78 Å². The first-order valence-corrected chi connectivity index (χ1v) is 6.93. The summed E-state index contributed by atoms with van der Waals surface area (Å²) in [5, 5.41) is 9.68. The molecule has 1 atom stereocenters. The molecule has 0 heterocycles. The van der Waals surface area contributed by atoms with Gasteiger partial charge in [0.25, 0.3) is 0 Å². The van der Waals surface area contributed by atoms with Gasteiger partial charge in [-0.25, -0.2) is 8.78 Å². The first kappa shape index (κ1) is 15.4. The molecule has 1 aromatic rings. The van der Waals surface area contributed by atoms with Crippen molar-refractivity contribution in [2.45, 2.75) is 36.7 Å². The summed E-state index contributed by atoms with van der Waals surface area (Å²) >= 11 is 1.48. The van der Waals surface area contributed by atoms with Crippen LogP contribution in [0.3, 0.4) is 0 Å². The van der Waals surface area contributed by atoms with E-state index in [9.17, 15) is 13.9 Å². The van der Waals surface area contributed by atoms with Crippen LogP contribution in [0.25, 0.3) is 0 Å². The highest BCUT2D eigenvalue weighted by molar-refractivity contribution is 7.99. The Morgan fingerprint density at radius 1 is 1.28 bits per heavy atom. The summed E-state index contributed by atoms with van der Waals surface area (Å²) in [6, 6.07) is 3.91. The quantitative estimate of drug-likeness (QED) is 0.594. The molecule has 0 aliphatic heterocycles. The lowest BCUT2D eigenvalue weighted by Crippen LogP contribution is -2.33. The van der Waals surface area contributed by atoms with E-state index < -0.39 is 17.2 Å². The zero-order valence-corrected chi connectivity index (χ0v) is 11.3. The number of nitrogens with two attached hydrogens (primary N) is 1. The maximum atomic E-state index is 12.9. The van der Waals surface area contributed by atoms with E-state index in [1.807, 2.05) is 0 Å². The highest BCUT2D eigenvalue weighted by Crippen LogP contribution is 2.22. The van der Waals surface area contributed by atoms with Gasteiger partial charge in [-0.15, -0.1) is 11.8 Å². The van der Waals surface area contributed by atoms with Crippen molar-refractivity contribution in [3.63, 3.8) is 0 Å². The van der Waals surface area contributed by atoms with Gasteiger partial charge in [0, 0.05) is 11.4 Å². The van der Waals surface area contributed by atoms with Crippen LogP contribution in [0.15, 0.2) is 23.1 Å². The van der Waals surface area contributed by atoms with Gasteiger partial charge in [-0.2, -0.15) is 0 Å². The average molecular weight is 275 g/mol. The smallest absolute Gasteiger partial charge is 0.159 e. The van der Waals surface area contributed by atoms with Crippen LogP contribution < -0.4 is 5.73 Å². The topological polar surface area (TPSA) is 46.2 Å². The third-order valence-electron chi connectivity index (χ3n) is 2.71. The Morgan fingerprint density at radius 2 is 2.00 bits per heavy atom. The number of rotatable bonds is 7. The van der Waals surface area contributed by atoms with Gasteiger partial charge in [-0.1, -0.05) is 0 Å². The molecule has 0 bridgehead atoms. The molecule has 18 heavy (non-hydrogen) atoms. The van der Waals surface area contributed by atoms with Crippen LogP contribution in [0.2, 0.25) is 0 Å². The molecule has 0 amide bonds. The first-order valence-electron chi connectivity index (χ1n) is 5.95. The van der Waals surface area contributed by atoms with Crippen LogP contribution >= 0.6 is 11.8 Å². The summed E-state index contributed by atoms with van der Waals surface area (Å²) < 4.78 is 25.6. The lowest BCUT2D eigenvalue weighted by molar-refractivity contribution is 0.0577. The fourth-order valence-electron chi connectivity index (χ4n) is 1.47. The lowest BCUT2D eigenvalue weighted by atomic mass is 10.00. The predicted molar refractivity (Wildman–Crippen MR) is 70.6 cm³/mol. The molecule has 0 saturated heterocycles. The van der Waals surface area contributed by atoms with Crippen molar-refractivity contribution >= 4 is 11.8 Å². The van der Waals surface area contributed by atoms with Gasteiger partial charge in [0.1, 0.15) is 0 Å². The van der Waals surface area contributed by atoms with Gasteiger partial charge in [0.2, 0.25) is 0 Å². The molecule has 0 fully saturated rings. The van der Waals surface area contributed by atoms with E-state index in [0.717, 1.165) is 29.6 Å². The normalized spacial score (nSPS) is 14.5. The summed E-state index contributed by atoms with van der Waals surface area (Å²) in [4.78, 5) is 0.722. The zero-order chi connectivity index (χ0) is 13.6. The van der Waals surface area contributed by atoms with Gasteiger partial charge < -0.3 is 10.8 Å².